The van der Waals surface area contributed by atoms with Crippen LogP contribution in [-0.2, 0) is 9.53 Å². The molecule has 0 amide bonds. The highest BCUT2D eigenvalue weighted by molar-refractivity contribution is 5.85. The molecule has 0 unspecified atom stereocenters. The van der Waals surface area contributed by atoms with Crippen molar-refractivity contribution >= 4 is 24.1 Å². The molecule has 1 aromatic rings. The zero-order valence-corrected chi connectivity index (χ0v) is 12.4. The maximum absolute atomic E-state index is 11.4. The van der Waals surface area contributed by atoms with Crippen molar-refractivity contribution in [3.63, 3.8) is 0 Å². The van der Waals surface area contributed by atoms with Crippen molar-refractivity contribution in [2.24, 2.45) is 0 Å². The van der Waals surface area contributed by atoms with Crippen LogP contribution in [0, 0.1) is 0 Å². The molecule has 1 fully saturated rings. The molecule has 2 rings (SSSR count). The molecule has 0 aliphatic carbocycles. The Morgan fingerprint density at radius 3 is 3.10 bits per heavy atom. The number of anilines is 1. The van der Waals surface area contributed by atoms with Crippen LogP contribution in [0.25, 0.3) is 0 Å². The number of esters is 1. The molecule has 2 N–H and O–H groups in total. The predicted molar refractivity (Wildman–Crippen MR) is 78.5 cm³/mol. The summed E-state index contributed by atoms with van der Waals surface area (Å²) in [7, 11) is 1.40. The van der Waals surface area contributed by atoms with E-state index in [4.69, 9.17) is 9.47 Å². The van der Waals surface area contributed by atoms with Crippen LogP contribution in [0.15, 0.2) is 18.3 Å². The molecule has 0 spiro atoms. The second-order valence-electron chi connectivity index (χ2n) is 4.38. The van der Waals surface area contributed by atoms with Gasteiger partial charge in [0.1, 0.15) is 6.04 Å². The summed E-state index contributed by atoms with van der Waals surface area (Å²) in [5.41, 5.74) is 0.941. The SMILES string of the molecule is CCOc1cc(N[C@@H]2CN[C@@H](C(=O)OC)C2)ccn1.Cl. The molecule has 1 aliphatic heterocycles. The third kappa shape index (κ3) is 4.25. The van der Waals surface area contributed by atoms with Crippen molar-refractivity contribution in [2.75, 3.05) is 25.6 Å². The highest BCUT2D eigenvalue weighted by Gasteiger charge is 2.29. The van der Waals surface area contributed by atoms with E-state index in [-0.39, 0.29) is 30.5 Å². The van der Waals surface area contributed by atoms with Gasteiger partial charge in [-0.2, -0.15) is 0 Å². The maximum Gasteiger partial charge on any atom is 0.322 e. The number of carbonyl (C=O) groups excluding carboxylic acids is 1. The van der Waals surface area contributed by atoms with Crippen molar-refractivity contribution in [1.82, 2.24) is 10.3 Å². The number of hydrogen-bond acceptors (Lipinski definition) is 6. The Kier molecular flexibility index (Phi) is 6.54. The number of rotatable bonds is 5. The van der Waals surface area contributed by atoms with E-state index in [0.717, 1.165) is 12.2 Å². The smallest absolute Gasteiger partial charge is 0.322 e. The van der Waals surface area contributed by atoms with Gasteiger partial charge in [0, 0.05) is 30.5 Å². The Morgan fingerprint density at radius 2 is 2.40 bits per heavy atom. The molecule has 112 valence electrons. The average Bonchev–Trinajstić information content (AvgIpc) is 2.87. The van der Waals surface area contributed by atoms with E-state index in [9.17, 15) is 4.79 Å². The topological polar surface area (TPSA) is 72.5 Å². The monoisotopic (exact) mass is 301 g/mol. The minimum atomic E-state index is -0.226. The zero-order valence-electron chi connectivity index (χ0n) is 11.6. The van der Waals surface area contributed by atoms with Gasteiger partial charge in [-0.3, -0.25) is 4.79 Å². The molecule has 7 heteroatoms. The highest BCUT2D eigenvalue weighted by Crippen LogP contribution is 2.18. The fourth-order valence-corrected chi connectivity index (χ4v) is 2.13. The van der Waals surface area contributed by atoms with Crippen molar-refractivity contribution in [3.8, 4) is 5.88 Å². The number of pyridine rings is 1. The first-order valence-electron chi connectivity index (χ1n) is 6.39. The molecule has 0 saturated carbocycles. The summed E-state index contributed by atoms with van der Waals surface area (Å²) in [5.74, 6) is 0.386. The Bertz CT molecular complexity index is 445. The number of ether oxygens (including phenoxy) is 2. The lowest BCUT2D eigenvalue weighted by Crippen LogP contribution is -2.31. The normalized spacial score (nSPS) is 20.9. The number of nitrogens with one attached hydrogen (secondary N) is 2. The molecule has 0 aromatic carbocycles. The van der Waals surface area contributed by atoms with Crippen LogP contribution < -0.4 is 15.4 Å². The second kappa shape index (κ2) is 7.91. The van der Waals surface area contributed by atoms with Gasteiger partial charge in [0.15, 0.2) is 0 Å². The Morgan fingerprint density at radius 1 is 1.60 bits per heavy atom. The molecule has 6 nitrogen and oxygen atoms in total. The Balaban J connectivity index is 0.00000200. The van der Waals surface area contributed by atoms with Gasteiger partial charge >= 0.3 is 5.97 Å². The van der Waals surface area contributed by atoms with E-state index in [1.165, 1.54) is 7.11 Å². The second-order valence-corrected chi connectivity index (χ2v) is 4.38. The van der Waals surface area contributed by atoms with Crippen LogP contribution in [0.1, 0.15) is 13.3 Å². The van der Waals surface area contributed by atoms with Crippen LogP contribution >= 0.6 is 12.4 Å². The van der Waals surface area contributed by atoms with E-state index in [1.807, 2.05) is 19.1 Å². The minimum Gasteiger partial charge on any atom is -0.478 e. The molecule has 2 heterocycles. The minimum absolute atomic E-state index is 0. The van der Waals surface area contributed by atoms with Gasteiger partial charge in [-0.25, -0.2) is 4.98 Å². The molecule has 1 saturated heterocycles. The highest BCUT2D eigenvalue weighted by atomic mass is 35.5. The fraction of sp³-hybridized carbons (Fsp3) is 0.538. The summed E-state index contributed by atoms with van der Waals surface area (Å²) >= 11 is 0. The molecule has 20 heavy (non-hydrogen) atoms. The van der Waals surface area contributed by atoms with E-state index in [2.05, 4.69) is 15.6 Å². The Hall–Kier alpha value is -1.53. The van der Waals surface area contributed by atoms with E-state index in [1.54, 1.807) is 6.20 Å². The largest absolute Gasteiger partial charge is 0.478 e. The summed E-state index contributed by atoms with van der Waals surface area (Å²) in [6, 6.07) is 3.71. The number of nitrogens with zero attached hydrogens (tertiary/aromatic N) is 1. The quantitative estimate of drug-likeness (QED) is 0.797. The zero-order chi connectivity index (χ0) is 13.7. The van der Waals surface area contributed by atoms with Gasteiger partial charge in [0.2, 0.25) is 5.88 Å². The molecule has 0 bridgehead atoms. The van der Waals surface area contributed by atoms with Crippen molar-refractivity contribution < 1.29 is 14.3 Å². The van der Waals surface area contributed by atoms with Crippen molar-refractivity contribution in [3.05, 3.63) is 18.3 Å². The first-order chi connectivity index (χ1) is 9.22. The van der Waals surface area contributed by atoms with Crippen LogP contribution in [0.5, 0.6) is 5.88 Å². The Labute approximate surface area is 124 Å². The van der Waals surface area contributed by atoms with E-state index < -0.39 is 0 Å². The van der Waals surface area contributed by atoms with Gasteiger partial charge in [0.05, 0.1) is 13.7 Å². The van der Waals surface area contributed by atoms with E-state index in [0.29, 0.717) is 18.9 Å². The molecular formula is C13H20ClN3O3. The van der Waals surface area contributed by atoms with Gasteiger partial charge in [0.25, 0.3) is 0 Å². The predicted octanol–water partition coefficient (Wildman–Crippen LogP) is 1.22. The summed E-state index contributed by atoms with van der Waals surface area (Å²) in [5, 5.41) is 6.49. The summed E-state index contributed by atoms with van der Waals surface area (Å²) < 4.78 is 10.1. The van der Waals surface area contributed by atoms with Crippen LogP contribution in [-0.4, -0.2) is 43.3 Å². The first-order valence-corrected chi connectivity index (χ1v) is 6.39. The molecule has 0 radical (unpaired) electrons. The average molecular weight is 302 g/mol. The lowest BCUT2D eigenvalue weighted by Gasteiger charge is -2.13. The number of carbonyl (C=O) groups is 1. The van der Waals surface area contributed by atoms with E-state index >= 15 is 0 Å². The van der Waals surface area contributed by atoms with Gasteiger partial charge in [-0.05, 0) is 19.4 Å². The standard InChI is InChI=1S/C13H19N3O3.ClH/c1-3-19-12-7-9(4-5-14-12)16-10-6-11(15-8-10)13(17)18-2;/h4-5,7,10-11,15H,3,6,8H2,1-2H3,(H,14,16);1H/t10-,11+;/m0./s1. The molecule has 1 aliphatic rings. The van der Waals surface area contributed by atoms with Gasteiger partial charge < -0.3 is 20.1 Å². The lowest BCUT2D eigenvalue weighted by atomic mass is 10.1. The third-order valence-electron chi connectivity index (χ3n) is 3.01. The molecule has 1 aromatic heterocycles. The number of methoxy groups -OCH3 is 1. The fourth-order valence-electron chi connectivity index (χ4n) is 2.13. The summed E-state index contributed by atoms with van der Waals surface area (Å²) in [4.78, 5) is 15.5. The van der Waals surface area contributed by atoms with Crippen molar-refractivity contribution in [1.29, 1.82) is 0 Å². The van der Waals surface area contributed by atoms with Crippen molar-refractivity contribution in [2.45, 2.75) is 25.4 Å². The maximum atomic E-state index is 11.4. The first kappa shape index (κ1) is 16.5. The van der Waals surface area contributed by atoms with Crippen LogP contribution in [0.3, 0.4) is 0 Å². The number of halogens is 1. The number of hydrogen-bond donors (Lipinski definition) is 2. The summed E-state index contributed by atoms with van der Waals surface area (Å²) in [6.45, 7) is 3.24. The number of aromatic nitrogens is 1. The van der Waals surface area contributed by atoms with Gasteiger partial charge in [-0.15, -0.1) is 12.4 Å². The molecule has 2 atom stereocenters. The third-order valence-corrected chi connectivity index (χ3v) is 3.01. The van der Waals surface area contributed by atoms with Crippen LogP contribution in [0.2, 0.25) is 0 Å². The van der Waals surface area contributed by atoms with Crippen LogP contribution in [0.4, 0.5) is 5.69 Å². The molecular weight excluding hydrogens is 282 g/mol. The summed E-state index contributed by atoms with van der Waals surface area (Å²) in [6.07, 6.45) is 2.41. The lowest BCUT2D eigenvalue weighted by molar-refractivity contribution is -0.142. The van der Waals surface area contributed by atoms with Gasteiger partial charge in [-0.1, -0.05) is 0 Å².